The van der Waals surface area contributed by atoms with Crippen LogP contribution in [0.15, 0.2) is 24.3 Å². The van der Waals surface area contributed by atoms with Crippen molar-refractivity contribution in [3.63, 3.8) is 0 Å². The van der Waals surface area contributed by atoms with E-state index in [1.807, 2.05) is 39.0 Å². The van der Waals surface area contributed by atoms with Crippen LogP contribution in [0.4, 0.5) is 4.79 Å². The molecule has 0 radical (unpaired) electrons. The van der Waals surface area contributed by atoms with Crippen molar-refractivity contribution in [3.8, 4) is 5.75 Å². The second kappa shape index (κ2) is 21.4. The fraction of sp³-hybridized carbons (Fsp3) is 0.655. The zero-order valence-electron chi connectivity index (χ0n) is 24.6. The minimum Gasteiger partial charge on any atom is -0.496 e. The first kappa shape index (κ1) is 34.6. The van der Waals surface area contributed by atoms with Crippen molar-refractivity contribution in [2.45, 2.75) is 78.7 Å². The van der Waals surface area contributed by atoms with Gasteiger partial charge in [-0.25, -0.2) is 9.59 Å². The molecule has 0 aliphatic heterocycles. The van der Waals surface area contributed by atoms with Gasteiger partial charge in [-0.3, -0.25) is 0 Å². The topological polar surface area (TPSA) is 102 Å². The first-order chi connectivity index (χ1) is 18.9. The monoisotopic (exact) mass is 567 g/mol. The van der Waals surface area contributed by atoms with E-state index >= 15 is 0 Å². The molecule has 1 aromatic rings. The highest BCUT2D eigenvalue weighted by molar-refractivity contribution is 6.60. The number of benzene rings is 1. The Balaban J connectivity index is 2.14. The molecule has 0 fully saturated rings. The number of nitrogens with one attached hydrogen (secondary N) is 1. The molecule has 0 aliphatic rings. The molecule has 10 heteroatoms. The molecule has 1 aromatic carbocycles. The predicted molar refractivity (Wildman–Crippen MR) is 155 cm³/mol. The Morgan fingerprint density at radius 1 is 0.872 bits per heavy atom. The summed E-state index contributed by atoms with van der Waals surface area (Å²) in [6.45, 7) is 10.7. The fourth-order valence-corrected chi connectivity index (χ4v) is 6.63. The molecular weight excluding hydrogens is 518 g/mol. The summed E-state index contributed by atoms with van der Waals surface area (Å²) in [7, 11) is -1.02. The maximum atomic E-state index is 12.0. The van der Waals surface area contributed by atoms with Gasteiger partial charge < -0.3 is 32.8 Å². The lowest BCUT2D eigenvalue weighted by atomic mass is 10.1. The lowest BCUT2D eigenvalue weighted by Crippen LogP contribution is -2.46. The highest BCUT2D eigenvalue weighted by Crippen LogP contribution is 2.22. The number of amides is 1. The smallest absolute Gasteiger partial charge is 0.496 e. The lowest BCUT2D eigenvalue weighted by molar-refractivity contribution is -0.137. The van der Waals surface area contributed by atoms with Gasteiger partial charge in [-0.1, -0.05) is 19.4 Å². The zero-order valence-corrected chi connectivity index (χ0v) is 25.6. The number of alkyl carbamates (subject to hydrolysis) is 1. The van der Waals surface area contributed by atoms with E-state index in [1.54, 1.807) is 13.2 Å². The Kier molecular flexibility index (Phi) is 19.0. The van der Waals surface area contributed by atoms with Crippen LogP contribution in [0.25, 0.3) is 6.08 Å². The number of carbonyl (C=O) groups excluding carboxylic acids is 2. The van der Waals surface area contributed by atoms with Crippen molar-refractivity contribution < 1.29 is 37.1 Å². The van der Waals surface area contributed by atoms with Crippen LogP contribution in [-0.4, -0.2) is 67.6 Å². The summed E-state index contributed by atoms with van der Waals surface area (Å²) in [6, 6.07) is 6.52. The van der Waals surface area contributed by atoms with E-state index in [1.165, 1.54) is 6.08 Å². The molecular formula is C29H49NO8Si. The molecule has 0 bridgehead atoms. The van der Waals surface area contributed by atoms with Crippen LogP contribution in [0.3, 0.4) is 0 Å². The van der Waals surface area contributed by atoms with Gasteiger partial charge in [0.2, 0.25) is 0 Å². The lowest BCUT2D eigenvalue weighted by Gasteiger charge is -2.28. The van der Waals surface area contributed by atoms with Crippen molar-refractivity contribution in [1.82, 2.24) is 5.32 Å². The first-order valence-corrected chi connectivity index (χ1v) is 16.2. The molecule has 0 aromatic heterocycles. The molecule has 0 atom stereocenters. The normalized spacial score (nSPS) is 11.5. The number of ether oxygens (including phenoxy) is 3. The minimum absolute atomic E-state index is 0.353. The third kappa shape index (κ3) is 15.1. The summed E-state index contributed by atoms with van der Waals surface area (Å²) in [5.74, 6) is 0.510. The Bertz CT molecular complexity index is 832. The van der Waals surface area contributed by atoms with Crippen LogP contribution in [0.2, 0.25) is 6.04 Å². The summed E-state index contributed by atoms with van der Waals surface area (Å²) in [6.07, 6.45) is 8.72. The molecule has 0 aliphatic carbocycles. The van der Waals surface area contributed by atoms with E-state index in [-0.39, 0.29) is 5.97 Å². The van der Waals surface area contributed by atoms with E-state index in [4.69, 9.17) is 27.5 Å². The van der Waals surface area contributed by atoms with Crippen LogP contribution in [0.5, 0.6) is 5.75 Å². The summed E-state index contributed by atoms with van der Waals surface area (Å²) >= 11 is 0. The summed E-state index contributed by atoms with van der Waals surface area (Å²) in [5, 5.41) is 2.77. The van der Waals surface area contributed by atoms with Gasteiger partial charge in [-0.15, -0.1) is 0 Å². The average Bonchev–Trinajstić information content (AvgIpc) is 2.92. The van der Waals surface area contributed by atoms with Gasteiger partial charge in [0.25, 0.3) is 0 Å². The Morgan fingerprint density at radius 3 is 2.10 bits per heavy atom. The second-order valence-corrected chi connectivity index (χ2v) is 11.6. The van der Waals surface area contributed by atoms with Crippen LogP contribution in [0.1, 0.15) is 77.3 Å². The Hall–Kier alpha value is -2.40. The van der Waals surface area contributed by atoms with Crippen LogP contribution in [0, 0.1) is 0 Å². The van der Waals surface area contributed by atoms with Crippen LogP contribution < -0.4 is 10.1 Å². The van der Waals surface area contributed by atoms with Crippen molar-refractivity contribution in [2.24, 2.45) is 0 Å². The number of aryl methyl sites for hydroxylation is 1. The molecule has 0 saturated carbocycles. The quantitative estimate of drug-likeness (QED) is 0.0796. The van der Waals surface area contributed by atoms with Gasteiger partial charge in [0.05, 0.1) is 20.3 Å². The van der Waals surface area contributed by atoms with Crippen LogP contribution >= 0.6 is 0 Å². The summed E-state index contributed by atoms with van der Waals surface area (Å²) < 4.78 is 33.4. The van der Waals surface area contributed by atoms with Gasteiger partial charge in [-0.05, 0) is 88.6 Å². The standard InChI is InChI=1S/C29H49NO8Si/c1-6-15-26-24-25(16-18-27(26)33-5)17-19-28(31)34-21-12-10-11-13-22-35-29(32)30-20-14-23-39(36-7-2,37-8-3)38-9-4/h16-19,24H,6-15,20-23H2,1-5H3,(H,30,32)/b19-17+. The van der Waals surface area contributed by atoms with Gasteiger partial charge in [0, 0.05) is 38.5 Å². The van der Waals surface area contributed by atoms with E-state index in [0.29, 0.717) is 52.0 Å². The molecule has 1 rings (SSSR count). The molecule has 9 nitrogen and oxygen atoms in total. The van der Waals surface area contributed by atoms with E-state index in [9.17, 15) is 9.59 Å². The molecule has 0 heterocycles. The number of hydrogen-bond donors (Lipinski definition) is 1. The number of unbranched alkanes of at least 4 members (excludes halogenated alkanes) is 3. The van der Waals surface area contributed by atoms with Crippen molar-refractivity contribution >= 4 is 26.9 Å². The van der Waals surface area contributed by atoms with E-state index in [0.717, 1.165) is 55.4 Å². The predicted octanol–water partition coefficient (Wildman–Crippen LogP) is 5.93. The third-order valence-electron chi connectivity index (χ3n) is 5.77. The van der Waals surface area contributed by atoms with Crippen molar-refractivity contribution in [1.29, 1.82) is 0 Å². The fourth-order valence-electron chi connectivity index (χ4n) is 4.02. The van der Waals surface area contributed by atoms with Crippen LogP contribution in [-0.2, 0) is 34.0 Å². The summed E-state index contributed by atoms with van der Waals surface area (Å²) in [4.78, 5) is 23.9. The average molecular weight is 568 g/mol. The largest absolute Gasteiger partial charge is 0.500 e. The zero-order chi connectivity index (χ0) is 28.8. The third-order valence-corrected chi connectivity index (χ3v) is 8.93. The van der Waals surface area contributed by atoms with Crippen molar-refractivity contribution in [3.05, 3.63) is 35.4 Å². The number of esters is 1. The van der Waals surface area contributed by atoms with E-state index < -0.39 is 14.9 Å². The first-order valence-electron chi connectivity index (χ1n) is 14.3. The molecule has 1 N–H and O–H groups in total. The number of rotatable bonds is 22. The van der Waals surface area contributed by atoms with Gasteiger partial charge in [0.15, 0.2) is 0 Å². The second-order valence-electron chi connectivity index (χ2n) is 8.88. The van der Waals surface area contributed by atoms with Gasteiger partial charge >= 0.3 is 20.9 Å². The number of methoxy groups -OCH3 is 1. The molecule has 0 spiro atoms. The van der Waals surface area contributed by atoms with Gasteiger partial charge in [0.1, 0.15) is 5.75 Å². The number of hydrogen-bond acceptors (Lipinski definition) is 8. The molecule has 1 amide bonds. The molecule has 0 saturated heterocycles. The number of carbonyl (C=O) groups is 2. The Labute approximate surface area is 235 Å². The molecule has 222 valence electrons. The Morgan fingerprint density at radius 2 is 1.51 bits per heavy atom. The van der Waals surface area contributed by atoms with Gasteiger partial charge in [-0.2, -0.15) is 0 Å². The SMILES string of the molecule is CCCc1cc(/C=C/C(=O)OCCCCCCOC(=O)NCCC[Si](OCC)(OCC)OCC)ccc1OC. The maximum absolute atomic E-state index is 12.0. The summed E-state index contributed by atoms with van der Waals surface area (Å²) in [5.41, 5.74) is 2.07. The highest BCUT2D eigenvalue weighted by Gasteiger charge is 2.39. The van der Waals surface area contributed by atoms with Crippen molar-refractivity contribution in [2.75, 3.05) is 46.7 Å². The minimum atomic E-state index is -2.68. The maximum Gasteiger partial charge on any atom is 0.500 e. The molecule has 0 unspecified atom stereocenters. The highest BCUT2D eigenvalue weighted by atomic mass is 28.4. The van der Waals surface area contributed by atoms with E-state index in [2.05, 4.69) is 12.2 Å². The molecule has 39 heavy (non-hydrogen) atoms.